The smallest absolute Gasteiger partial charge is 0.227 e. The molecule has 0 amide bonds. The molecule has 55 heavy (non-hydrogen) atoms. The van der Waals surface area contributed by atoms with Gasteiger partial charge < -0.3 is 14.2 Å². The Morgan fingerprint density at radius 1 is 0.309 bits per heavy atom. The summed E-state index contributed by atoms with van der Waals surface area (Å²) in [5, 5.41) is 4.35. The fourth-order valence-electron chi connectivity index (χ4n) is 7.64. The van der Waals surface area contributed by atoms with Crippen molar-refractivity contribution in [1.82, 2.24) is 4.98 Å². The zero-order chi connectivity index (χ0) is 36.6. The van der Waals surface area contributed by atoms with Gasteiger partial charge in [0.1, 0.15) is 5.52 Å². The van der Waals surface area contributed by atoms with Crippen LogP contribution < -0.4 is 9.80 Å². The van der Waals surface area contributed by atoms with Crippen LogP contribution in [0.2, 0.25) is 0 Å². The molecule has 0 aliphatic heterocycles. The van der Waals surface area contributed by atoms with E-state index in [2.05, 4.69) is 210 Å². The molecule has 0 radical (unpaired) electrons. The van der Waals surface area contributed by atoms with Crippen LogP contribution in [0.1, 0.15) is 0 Å². The molecular formula is C51H35N3O. The van der Waals surface area contributed by atoms with Crippen molar-refractivity contribution in [2.45, 2.75) is 0 Å². The second kappa shape index (κ2) is 13.8. The van der Waals surface area contributed by atoms with E-state index in [0.717, 1.165) is 72.3 Å². The molecule has 0 fully saturated rings. The van der Waals surface area contributed by atoms with Crippen molar-refractivity contribution in [2.75, 3.05) is 9.80 Å². The SMILES string of the molecule is c1ccc(-c2ccc(N(c3ccccc3)c3ccc(-c4nc5c6ccc(N(c7ccccc7)c7ccccc7)cc6c6ccccc6c5o4)cc3)cc2)cc1. The van der Waals surface area contributed by atoms with E-state index in [1.165, 1.54) is 11.1 Å². The summed E-state index contributed by atoms with van der Waals surface area (Å²) in [6.07, 6.45) is 0. The van der Waals surface area contributed by atoms with Crippen LogP contribution in [0.5, 0.6) is 0 Å². The summed E-state index contributed by atoms with van der Waals surface area (Å²) >= 11 is 0. The molecule has 4 heteroatoms. The number of hydrogen-bond acceptors (Lipinski definition) is 4. The van der Waals surface area contributed by atoms with Crippen LogP contribution in [-0.2, 0) is 0 Å². The molecule has 0 unspecified atom stereocenters. The van der Waals surface area contributed by atoms with Crippen molar-refractivity contribution in [1.29, 1.82) is 0 Å². The number of aromatic nitrogens is 1. The third-order valence-electron chi connectivity index (χ3n) is 10.3. The highest BCUT2D eigenvalue weighted by Gasteiger charge is 2.20. The fraction of sp³-hybridized carbons (Fsp3) is 0. The van der Waals surface area contributed by atoms with E-state index in [1.54, 1.807) is 0 Å². The maximum atomic E-state index is 6.68. The van der Waals surface area contributed by atoms with E-state index < -0.39 is 0 Å². The summed E-state index contributed by atoms with van der Waals surface area (Å²) in [4.78, 5) is 9.76. The lowest BCUT2D eigenvalue weighted by Crippen LogP contribution is -2.09. The van der Waals surface area contributed by atoms with Crippen LogP contribution in [0.15, 0.2) is 217 Å². The topological polar surface area (TPSA) is 32.5 Å². The van der Waals surface area contributed by atoms with Gasteiger partial charge in [0, 0.05) is 50.5 Å². The Hall–Kier alpha value is -7.43. The average Bonchev–Trinajstić information content (AvgIpc) is 3.72. The highest BCUT2D eigenvalue weighted by atomic mass is 16.3. The third kappa shape index (κ3) is 5.96. The standard InChI is InChI=1S/C51H35N3O/c1-5-15-36(16-6-1)37-25-29-42(30-26-37)53(39-17-7-2-8-18-39)43-31-27-38(28-32-43)51-52-49-46-34-33-44(35-48(46)45-23-13-14-24-47(45)50(49)55-51)54(40-19-9-3-10-20-40)41-21-11-4-12-22-41/h1-35H. The zero-order valence-electron chi connectivity index (χ0n) is 30.0. The number of para-hydroxylation sites is 3. The molecule has 0 aliphatic rings. The van der Waals surface area contributed by atoms with Crippen LogP contribution in [0.4, 0.5) is 34.1 Å². The van der Waals surface area contributed by atoms with Crippen LogP contribution in [0, 0.1) is 0 Å². The third-order valence-corrected chi connectivity index (χ3v) is 10.3. The predicted octanol–water partition coefficient (Wildman–Crippen LogP) is 14.4. The van der Waals surface area contributed by atoms with Crippen molar-refractivity contribution in [3.8, 4) is 22.6 Å². The molecule has 0 N–H and O–H groups in total. The van der Waals surface area contributed by atoms with Gasteiger partial charge in [-0.05, 0) is 113 Å². The second-order valence-corrected chi connectivity index (χ2v) is 13.6. The van der Waals surface area contributed by atoms with Gasteiger partial charge in [0.05, 0.1) is 0 Å². The molecular weight excluding hydrogens is 671 g/mol. The van der Waals surface area contributed by atoms with E-state index in [9.17, 15) is 0 Å². The number of hydrogen-bond donors (Lipinski definition) is 0. The number of rotatable bonds is 8. The predicted molar refractivity (Wildman–Crippen MR) is 229 cm³/mol. The number of anilines is 6. The molecule has 0 spiro atoms. The molecule has 0 atom stereocenters. The summed E-state index contributed by atoms with van der Waals surface area (Å²) in [5.74, 6) is 0.594. The van der Waals surface area contributed by atoms with Crippen LogP contribution >= 0.6 is 0 Å². The Bertz CT molecular complexity index is 2850. The van der Waals surface area contributed by atoms with Gasteiger partial charge in [0.2, 0.25) is 5.89 Å². The van der Waals surface area contributed by atoms with Crippen molar-refractivity contribution >= 4 is 66.8 Å². The van der Waals surface area contributed by atoms with Crippen molar-refractivity contribution < 1.29 is 4.42 Å². The highest BCUT2D eigenvalue weighted by Crippen LogP contribution is 2.42. The van der Waals surface area contributed by atoms with E-state index in [0.29, 0.717) is 5.89 Å². The van der Waals surface area contributed by atoms with Gasteiger partial charge in [-0.1, -0.05) is 121 Å². The summed E-state index contributed by atoms with van der Waals surface area (Å²) in [6, 6.07) is 74.4. The molecule has 0 bridgehead atoms. The van der Waals surface area contributed by atoms with Gasteiger partial charge in [-0.2, -0.15) is 0 Å². The van der Waals surface area contributed by atoms with Gasteiger partial charge in [-0.3, -0.25) is 0 Å². The molecule has 0 saturated carbocycles. The van der Waals surface area contributed by atoms with Gasteiger partial charge in [0.15, 0.2) is 5.58 Å². The van der Waals surface area contributed by atoms with Crippen molar-refractivity contribution in [3.63, 3.8) is 0 Å². The van der Waals surface area contributed by atoms with Crippen LogP contribution in [0.25, 0.3) is 55.2 Å². The monoisotopic (exact) mass is 705 g/mol. The number of benzene rings is 9. The first-order chi connectivity index (χ1) is 27.3. The lowest BCUT2D eigenvalue weighted by atomic mass is 9.99. The lowest BCUT2D eigenvalue weighted by molar-refractivity contribution is 0.623. The molecule has 4 nitrogen and oxygen atoms in total. The average molecular weight is 706 g/mol. The lowest BCUT2D eigenvalue weighted by Gasteiger charge is -2.25. The Kier molecular flexibility index (Phi) is 8.12. The Labute approximate surface area is 319 Å². The van der Waals surface area contributed by atoms with Crippen molar-refractivity contribution in [3.05, 3.63) is 212 Å². The Balaban J connectivity index is 1.05. The minimum absolute atomic E-state index is 0.594. The number of nitrogens with zero attached hydrogens (tertiary/aromatic N) is 3. The summed E-state index contributed by atoms with van der Waals surface area (Å²) in [6.45, 7) is 0. The van der Waals surface area contributed by atoms with E-state index in [4.69, 9.17) is 9.40 Å². The highest BCUT2D eigenvalue weighted by molar-refractivity contribution is 6.23. The van der Waals surface area contributed by atoms with Crippen molar-refractivity contribution in [2.24, 2.45) is 0 Å². The molecule has 1 aromatic heterocycles. The molecule has 260 valence electrons. The quantitative estimate of drug-likeness (QED) is 0.147. The largest absolute Gasteiger partial charge is 0.435 e. The number of oxazole rings is 1. The number of fused-ring (bicyclic) bond motifs is 6. The first kappa shape index (κ1) is 32.2. The first-order valence-electron chi connectivity index (χ1n) is 18.5. The minimum atomic E-state index is 0.594. The molecule has 10 rings (SSSR count). The summed E-state index contributed by atoms with van der Waals surface area (Å²) < 4.78 is 6.68. The molecule has 0 saturated heterocycles. The summed E-state index contributed by atoms with van der Waals surface area (Å²) in [5.41, 5.74) is 11.4. The second-order valence-electron chi connectivity index (χ2n) is 13.6. The van der Waals surface area contributed by atoms with Crippen LogP contribution in [-0.4, -0.2) is 4.98 Å². The van der Waals surface area contributed by atoms with E-state index >= 15 is 0 Å². The first-order valence-corrected chi connectivity index (χ1v) is 18.5. The molecule has 9 aromatic carbocycles. The van der Waals surface area contributed by atoms with Crippen LogP contribution in [0.3, 0.4) is 0 Å². The fourth-order valence-corrected chi connectivity index (χ4v) is 7.64. The molecule has 1 heterocycles. The van der Waals surface area contributed by atoms with Gasteiger partial charge in [0.25, 0.3) is 0 Å². The van der Waals surface area contributed by atoms with Gasteiger partial charge >= 0.3 is 0 Å². The van der Waals surface area contributed by atoms with Gasteiger partial charge in [-0.25, -0.2) is 4.98 Å². The molecule has 0 aliphatic carbocycles. The summed E-state index contributed by atoms with van der Waals surface area (Å²) in [7, 11) is 0. The maximum absolute atomic E-state index is 6.68. The maximum Gasteiger partial charge on any atom is 0.227 e. The van der Waals surface area contributed by atoms with Gasteiger partial charge in [-0.15, -0.1) is 0 Å². The minimum Gasteiger partial charge on any atom is -0.435 e. The Morgan fingerprint density at radius 3 is 1.29 bits per heavy atom. The zero-order valence-corrected chi connectivity index (χ0v) is 30.0. The molecule has 10 aromatic rings. The Morgan fingerprint density at radius 2 is 0.727 bits per heavy atom. The van der Waals surface area contributed by atoms with E-state index in [-0.39, 0.29) is 0 Å². The van der Waals surface area contributed by atoms with E-state index in [1.807, 2.05) is 12.1 Å². The normalized spacial score (nSPS) is 11.3.